The van der Waals surface area contributed by atoms with Crippen molar-refractivity contribution in [3.8, 4) is 5.69 Å². The van der Waals surface area contributed by atoms with E-state index in [9.17, 15) is 9.18 Å². The smallest absolute Gasteiger partial charge is 0.276 e. The van der Waals surface area contributed by atoms with Gasteiger partial charge in [0, 0.05) is 35.9 Å². The van der Waals surface area contributed by atoms with Gasteiger partial charge in [-0.1, -0.05) is 12.1 Å². The maximum absolute atomic E-state index is 13.3. The molecule has 0 saturated carbocycles. The predicted molar refractivity (Wildman–Crippen MR) is 116 cm³/mol. The number of anilines is 1. The lowest BCUT2D eigenvalue weighted by Gasteiger charge is -2.08. The Balaban J connectivity index is 1.35. The standard InChI is InChI=1S/C24H22FN5O/c1-16-26-13-14-29(16)15-17-5-9-19(10-6-17)27-24(31)23-21-3-2-4-22(21)30(28-23)20-11-7-18(25)8-12-20/h5-14H,2-4,15H2,1H3,(H,27,31). The molecule has 0 unspecified atom stereocenters. The van der Waals surface area contributed by atoms with Gasteiger partial charge >= 0.3 is 0 Å². The third-order valence-electron chi connectivity index (χ3n) is 5.70. The van der Waals surface area contributed by atoms with Gasteiger partial charge in [-0.25, -0.2) is 14.1 Å². The highest BCUT2D eigenvalue weighted by Gasteiger charge is 2.27. The van der Waals surface area contributed by atoms with E-state index in [2.05, 4.69) is 20.0 Å². The molecule has 0 spiro atoms. The van der Waals surface area contributed by atoms with Crippen LogP contribution in [0.15, 0.2) is 60.9 Å². The monoisotopic (exact) mass is 415 g/mol. The van der Waals surface area contributed by atoms with E-state index in [1.54, 1.807) is 23.0 Å². The minimum atomic E-state index is -0.294. The normalized spacial score (nSPS) is 12.7. The van der Waals surface area contributed by atoms with E-state index in [1.807, 2.05) is 37.4 Å². The zero-order valence-corrected chi connectivity index (χ0v) is 17.2. The van der Waals surface area contributed by atoms with Crippen molar-refractivity contribution in [2.45, 2.75) is 32.7 Å². The van der Waals surface area contributed by atoms with Crippen LogP contribution in [0.5, 0.6) is 0 Å². The van der Waals surface area contributed by atoms with Gasteiger partial charge in [-0.2, -0.15) is 5.10 Å². The average Bonchev–Trinajstić information content (AvgIpc) is 3.48. The molecule has 0 radical (unpaired) electrons. The Morgan fingerprint density at radius 2 is 1.87 bits per heavy atom. The molecule has 0 bridgehead atoms. The Morgan fingerprint density at radius 1 is 1.10 bits per heavy atom. The first kappa shape index (κ1) is 19.2. The second-order valence-electron chi connectivity index (χ2n) is 7.77. The van der Waals surface area contributed by atoms with Crippen molar-refractivity contribution < 1.29 is 9.18 Å². The largest absolute Gasteiger partial charge is 0.331 e. The fourth-order valence-electron chi connectivity index (χ4n) is 4.07. The van der Waals surface area contributed by atoms with Gasteiger partial charge in [-0.15, -0.1) is 0 Å². The molecule has 156 valence electrons. The number of aryl methyl sites for hydroxylation is 1. The molecule has 2 aromatic carbocycles. The van der Waals surface area contributed by atoms with Crippen LogP contribution in [-0.2, 0) is 19.4 Å². The molecular formula is C24H22FN5O. The van der Waals surface area contributed by atoms with Crippen LogP contribution in [0.2, 0.25) is 0 Å². The summed E-state index contributed by atoms with van der Waals surface area (Å²) in [5, 5.41) is 7.54. The lowest BCUT2D eigenvalue weighted by Crippen LogP contribution is -2.15. The predicted octanol–water partition coefficient (Wildman–Crippen LogP) is 4.31. The van der Waals surface area contributed by atoms with Crippen molar-refractivity contribution in [2.24, 2.45) is 0 Å². The Bertz CT molecular complexity index is 1240. The van der Waals surface area contributed by atoms with E-state index in [0.29, 0.717) is 5.69 Å². The molecule has 1 aliphatic carbocycles. The number of benzene rings is 2. The second kappa shape index (κ2) is 7.83. The van der Waals surface area contributed by atoms with E-state index in [1.165, 1.54) is 12.1 Å². The first-order valence-corrected chi connectivity index (χ1v) is 10.3. The first-order chi connectivity index (χ1) is 15.1. The molecule has 5 rings (SSSR count). The first-order valence-electron chi connectivity index (χ1n) is 10.3. The van der Waals surface area contributed by atoms with Crippen LogP contribution >= 0.6 is 0 Å². The fraction of sp³-hybridized carbons (Fsp3) is 0.208. The number of amides is 1. The Labute approximate surface area is 179 Å². The lowest BCUT2D eigenvalue weighted by atomic mass is 10.1. The summed E-state index contributed by atoms with van der Waals surface area (Å²) in [5.74, 6) is 0.442. The molecule has 0 saturated heterocycles. The van der Waals surface area contributed by atoms with E-state index in [4.69, 9.17) is 0 Å². The molecule has 6 nitrogen and oxygen atoms in total. The van der Waals surface area contributed by atoms with Crippen LogP contribution in [0.3, 0.4) is 0 Å². The molecule has 1 amide bonds. The summed E-state index contributed by atoms with van der Waals surface area (Å²) < 4.78 is 17.1. The number of fused-ring (bicyclic) bond motifs is 1. The highest BCUT2D eigenvalue weighted by Crippen LogP contribution is 2.28. The van der Waals surface area contributed by atoms with Gasteiger partial charge in [0.15, 0.2) is 5.69 Å². The number of carbonyl (C=O) groups is 1. The summed E-state index contributed by atoms with van der Waals surface area (Å²) in [7, 11) is 0. The average molecular weight is 415 g/mol. The molecule has 0 atom stereocenters. The summed E-state index contributed by atoms with van der Waals surface area (Å²) in [4.78, 5) is 17.2. The van der Waals surface area contributed by atoms with Crippen LogP contribution in [0, 0.1) is 12.7 Å². The van der Waals surface area contributed by atoms with Crippen molar-refractivity contribution in [2.75, 3.05) is 5.32 Å². The molecule has 0 fully saturated rings. The van der Waals surface area contributed by atoms with E-state index in [-0.39, 0.29) is 11.7 Å². The fourth-order valence-corrected chi connectivity index (χ4v) is 4.07. The Kier molecular flexibility index (Phi) is 4.86. The summed E-state index contributed by atoms with van der Waals surface area (Å²) in [6.45, 7) is 2.70. The van der Waals surface area contributed by atoms with Gasteiger partial charge in [0.1, 0.15) is 11.6 Å². The van der Waals surface area contributed by atoms with Crippen LogP contribution in [0.4, 0.5) is 10.1 Å². The Morgan fingerprint density at radius 3 is 2.58 bits per heavy atom. The number of imidazole rings is 1. The minimum Gasteiger partial charge on any atom is -0.331 e. The maximum atomic E-state index is 13.3. The summed E-state index contributed by atoms with van der Waals surface area (Å²) in [6.07, 6.45) is 6.39. The molecule has 2 heterocycles. The van der Waals surface area contributed by atoms with Crippen molar-refractivity contribution in [1.82, 2.24) is 19.3 Å². The number of carbonyl (C=O) groups excluding carboxylic acids is 1. The highest BCUT2D eigenvalue weighted by molar-refractivity contribution is 6.04. The number of hydrogen-bond acceptors (Lipinski definition) is 3. The zero-order valence-electron chi connectivity index (χ0n) is 17.2. The van der Waals surface area contributed by atoms with Gasteiger partial charge in [0.2, 0.25) is 0 Å². The number of nitrogens with one attached hydrogen (secondary N) is 1. The van der Waals surface area contributed by atoms with Crippen LogP contribution in [-0.4, -0.2) is 25.2 Å². The zero-order chi connectivity index (χ0) is 21.4. The van der Waals surface area contributed by atoms with Gasteiger partial charge in [-0.3, -0.25) is 4.79 Å². The van der Waals surface area contributed by atoms with Gasteiger partial charge < -0.3 is 9.88 Å². The van der Waals surface area contributed by atoms with Crippen molar-refractivity contribution in [3.63, 3.8) is 0 Å². The summed E-state index contributed by atoms with van der Waals surface area (Å²) >= 11 is 0. The number of rotatable bonds is 5. The lowest BCUT2D eigenvalue weighted by molar-refractivity contribution is 0.102. The van der Waals surface area contributed by atoms with E-state index >= 15 is 0 Å². The third-order valence-corrected chi connectivity index (χ3v) is 5.70. The summed E-state index contributed by atoms with van der Waals surface area (Å²) in [6, 6.07) is 14.0. The number of nitrogens with zero attached hydrogens (tertiary/aromatic N) is 4. The number of aromatic nitrogens is 4. The molecular weight excluding hydrogens is 393 g/mol. The van der Waals surface area contributed by atoms with Crippen molar-refractivity contribution >= 4 is 11.6 Å². The van der Waals surface area contributed by atoms with Gasteiger partial charge in [-0.05, 0) is 68.1 Å². The van der Waals surface area contributed by atoms with E-state index < -0.39 is 0 Å². The Hall–Kier alpha value is -3.74. The number of halogens is 1. The molecule has 1 N–H and O–H groups in total. The molecule has 4 aromatic rings. The third kappa shape index (κ3) is 3.74. The SMILES string of the molecule is Cc1nccn1Cc1ccc(NC(=O)c2nn(-c3ccc(F)cc3)c3c2CCC3)cc1. The van der Waals surface area contributed by atoms with Crippen LogP contribution in [0.1, 0.15) is 39.6 Å². The van der Waals surface area contributed by atoms with Gasteiger partial charge in [0.25, 0.3) is 5.91 Å². The van der Waals surface area contributed by atoms with Crippen LogP contribution in [0.25, 0.3) is 5.69 Å². The molecule has 1 aliphatic rings. The molecule has 31 heavy (non-hydrogen) atoms. The second-order valence-corrected chi connectivity index (χ2v) is 7.77. The maximum Gasteiger partial charge on any atom is 0.276 e. The quantitative estimate of drug-likeness (QED) is 0.528. The topological polar surface area (TPSA) is 64.7 Å². The number of hydrogen-bond donors (Lipinski definition) is 1. The minimum absolute atomic E-state index is 0.225. The highest BCUT2D eigenvalue weighted by atomic mass is 19.1. The van der Waals surface area contributed by atoms with E-state index in [0.717, 1.165) is 59.8 Å². The van der Waals surface area contributed by atoms with Crippen molar-refractivity contribution in [3.05, 3.63) is 95.1 Å². The molecule has 7 heteroatoms. The van der Waals surface area contributed by atoms with Gasteiger partial charge in [0.05, 0.1) is 5.69 Å². The van der Waals surface area contributed by atoms with Crippen molar-refractivity contribution in [1.29, 1.82) is 0 Å². The summed E-state index contributed by atoms with van der Waals surface area (Å²) in [5.41, 5.74) is 5.06. The molecule has 0 aliphatic heterocycles. The molecule has 2 aromatic heterocycles. The van der Waals surface area contributed by atoms with Crippen LogP contribution < -0.4 is 5.32 Å².